The van der Waals surface area contributed by atoms with Gasteiger partial charge in [0.15, 0.2) is 0 Å². The molecule has 0 radical (unpaired) electrons. The number of carbonyl (C=O) groups is 2. The number of hydrogen-bond acceptors (Lipinski definition) is 4. The molecule has 2 aliphatic heterocycles. The molecule has 1 saturated carbocycles. The lowest BCUT2D eigenvalue weighted by Gasteiger charge is -2.29. The van der Waals surface area contributed by atoms with E-state index in [1.807, 2.05) is 0 Å². The maximum Gasteiger partial charge on any atom is 0.258 e. The summed E-state index contributed by atoms with van der Waals surface area (Å²) in [7, 11) is 0. The van der Waals surface area contributed by atoms with Gasteiger partial charge in [-0.05, 0) is 38.6 Å². The van der Waals surface area contributed by atoms with Crippen molar-refractivity contribution < 1.29 is 14.3 Å². The number of ether oxygens (including phenoxy) is 1. The van der Waals surface area contributed by atoms with E-state index in [0.717, 1.165) is 13.0 Å². The molecule has 2 atom stereocenters. The van der Waals surface area contributed by atoms with Gasteiger partial charge in [0.1, 0.15) is 12.2 Å². The Kier molecular flexibility index (Phi) is 2.88. The van der Waals surface area contributed by atoms with Crippen LogP contribution in [0.15, 0.2) is 0 Å². The highest BCUT2D eigenvalue weighted by molar-refractivity contribution is 6.02. The first kappa shape index (κ1) is 11.2. The number of imide groups is 1. The standard InChI is InChI=1S/C12H18N2O3/c15-11-9-4-5-10(17-9)12(16)14(11)7-1-6-13-8-2-3-8/h8-10,13H,1-7H2. The monoisotopic (exact) mass is 238 g/mol. The maximum absolute atomic E-state index is 11.9. The molecule has 0 aromatic rings. The number of carbonyl (C=O) groups excluding carboxylic acids is 2. The van der Waals surface area contributed by atoms with E-state index >= 15 is 0 Å². The molecule has 2 saturated heterocycles. The summed E-state index contributed by atoms with van der Waals surface area (Å²) in [4.78, 5) is 25.2. The van der Waals surface area contributed by atoms with Crippen LogP contribution >= 0.6 is 0 Å². The van der Waals surface area contributed by atoms with Gasteiger partial charge in [-0.15, -0.1) is 0 Å². The molecule has 5 nitrogen and oxygen atoms in total. The SMILES string of the molecule is O=C1C2CCC(O2)C(=O)N1CCCNC1CC1. The van der Waals surface area contributed by atoms with E-state index < -0.39 is 0 Å². The molecule has 0 spiro atoms. The van der Waals surface area contributed by atoms with Gasteiger partial charge in [-0.1, -0.05) is 0 Å². The van der Waals surface area contributed by atoms with Crippen molar-refractivity contribution in [1.82, 2.24) is 10.2 Å². The molecule has 1 N–H and O–H groups in total. The van der Waals surface area contributed by atoms with Crippen molar-refractivity contribution in [1.29, 1.82) is 0 Å². The molecule has 3 rings (SSSR count). The van der Waals surface area contributed by atoms with E-state index in [-0.39, 0.29) is 24.0 Å². The molecule has 2 bridgehead atoms. The first-order valence-electron chi connectivity index (χ1n) is 6.50. The van der Waals surface area contributed by atoms with Gasteiger partial charge >= 0.3 is 0 Å². The summed E-state index contributed by atoms with van der Waals surface area (Å²) >= 11 is 0. The fourth-order valence-corrected chi connectivity index (χ4v) is 2.51. The molecule has 3 fully saturated rings. The fourth-order valence-electron chi connectivity index (χ4n) is 2.51. The van der Waals surface area contributed by atoms with Crippen LogP contribution < -0.4 is 5.32 Å². The zero-order chi connectivity index (χ0) is 11.8. The zero-order valence-corrected chi connectivity index (χ0v) is 9.85. The van der Waals surface area contributed by atoms with Crippen molar-refractivity contribution >= 4 is 11.8 Å². The van der Waals surface area contributed by atoms with Gasteiger partial charge in [-0.3, -0.25) is 14.5 Å². The molecule has 2 amide bonds. The van der Waals surface area contributed by atoms with Gasteiger partial charge in [0.2, 0.25) is 0 Å². The van der Waals surface area contributed by atoms with Crippen molar-refractivity contribution in [2.75, 3.05) is 13.1 Å². The normalized spacial score (nSPS) is 32.4. The third-order valence-corrected chi connectivity index (χ3v) is 3.67. The Bertz CT molecular complexity index is 319. The lowest BCUT2D eigenvalue weighted by atomic mass is 10.2. The minimum atomic E-state index is -0.353. The first-order chi connectivity index (χ1) is 8.25. The van der Waals surface area contributed by atoms with E-state index in [1.165, 1.54) is 17.7 Å². The molecule has 17 heavy (non-hydrogen) atoms. The van der Waals surface area contributed by atoms with E-state index in [1.54, 1.807) is 0 Å². The summed E-state index contributed by atoms with van der Waals surface area (Å²) in [5, 5.41) is 3.38. The number of nitrogens with zero attached hydrogens (tertiary/aromatic N) is 1. The number of nitrogens with one attached hydrogen (secondary N) is 1. The molecule has 94 valence electrons. The maximum atomic E-state index is 11.9. The smallest absolute Gasteiger partial charge is 0.258 e. The number of likely N-dealkylation sites (tertiary alicyclic amines) is 1. The second kappa shape index (κ2) is 4.38. The lowest BCUT2D eigenvalue weighted by molar-refractivity contribution is -0.168. The number of amides is 2. The summed E-state index contributed by atoms with van der Waals surface area (Å²) in [5.74, 6) is -0.259. The van der Waals surface area contributed by atoms with Crippen LogP contribution in [-0.4, -0.2) is 48.1 Å². The average molecular weight is 238 g/mol. The predicted molar refractivity (Wildman–Crippen MR) is 60.3 cm³/mol. The summed E-state index contributed by atoms with van der Waals surface area (Å²) in [6.45, 7) is 1.42. The zero-order valence-electron chi connectivity index (χ0n) is 9.85. The van der Waals surface area contributed by atoms with Gasteiger partial charge in [0.05, 0.1) is 0 Å². The highest BCUT2D eigenvalue weighted by Crippen LogP contribution is 2.28. The molecular formula is C12H18N2O3. The Morgan fingerprint density at radius 3 is 2.35 bits per heavy atom. The second-order valence-electron chi connectivity index (χ2n) is 5.10. The van der Waals surface area contributed by atoms with Crippen molar-refractivity contribution in [2.24, 2.45) is 0 Å². The highest BCUT2D eigenvalue weighted by atomic mass is 16.5. The van der Waals surface area contributed by atoms with Crippen LogP contribution in [0.2, 0.25) is 0 Å². The van der Waals surface area contributed by atoms with E-state index in [4.69, 9.17) is 4.74 Å². The van der Waals surface area contributed by atoms with E-state index in [9.17, 15) is 9.59 Å². The molecule has 1 aliphatic carbocycles. The first-order valence-corrected chi connectivity index (χ1v) is 6.50. The van der Waals surface area contributed by atoms with Gasteiger partial charge in [0, 0.05) is 12.6 Å². The van der Waals surface area contributed by atoms with Crippen LogP contribution in [0.3, 0.4) is 0 Å². The van der Waals surface area contributed by atoms with Crippen molar-refractivity contribution in [3.63, 3.8) is 0 Å². The van der Waals surface area contributed by atoms with E-state index in [2.05, 4.69) is 5.32 Å². The molecule has 2 unspecified atom stereocenters. The minimum Gasteiger partial charge on any atom is -0.355 e. The van der Waals surface area contributed by atoms with Crippen LogP contribution in [0.4, 0.5) is 0 Å². The average Bonchev–Trinajstić information content (AvgIpc) is 3.03. The second-order valence-corrected chi connectivity index (χ2v) is 5.10. The largest absolute Gasteiger partial charge is 0.355 e. The molecule has 5 heteroatoms. The topological polar surface area (TPSA) is 58.6 Å². The van der Waals surface area contributed by atoms with Gasteiger partial charge in [-0.25, -0.2) is 0 Å². The Morgan fingerprint density at radius 1 is 1.12 bits per heavy atom. The highest BCUT2D eigenvalue weighted by Gasteiger charge is 2.45. The number of fused-ring (bicyclic) bond motifs is 2. The summed E-state index contributed by atoms with van der Waals surface area (Å²) in [6.07, 6.45) is 4.06. The summed E-state index contributed by atoms with van der Waals surface area (Å²) < 4.78 is 5.35. The van der Waals surface area contributed by atoms with Crippen LogP contribution in [0.5, 0.6) is 0 Å². The Balaban J connectivity index is 1.50. The predicted octanol–water partition coefficient (Wildman–Crippen LogP) is 0.0449. The molecule has 2 heterocycles. The number of morpholine rings is 1. The molecule has 0 aromatic heterocycles. The fraction of sp³-hybridized carbons (Fsp3) is 0.833. The Hall–Kier alpha value is -0.940. The lowest BCUT2D eigenvalue weighted by Crippen LogP contribution is -2.52. The minimum absolute atomic E-state index is 0.129. The number of hydrogen-bond donors (Lipinski definition) is 1. The Morgan fingerprint density at radius 2 is 1.76 bits per heavy atom. The van der Waals surface area contributed by atoms with Gasteiger partial charge in [0.25, 0.3) is 11.8 Å². The van der Waals surface area contributed by atoms with Crippen LogP contribution in [-0.2, 0) is 14.3 Å². The van der Waals surface area contributed by atoms with E-state index in [0.29, 0.717) is 25.4 Å². The van der Waals surface area contributed by atoms with Crippen LogP contribution in [0.1, 0.15) is 32.1 Å². The third-order valence-electron chi connectivity index (χ3n) is 3.67. The van der Waals surface area contributed by atoms with Crippen LogP contribution in [0.25, 0.3) is 0 Å². The van der Waals surface area contributed by atoms with Gasteiger partial charge in [-0.2, -0.15) is 0 Å². The van der Waals surface area contributed by atoms with Crippen molar-refractivity contribution in [3.05, 3.63) is 0 Å². The van der Waals surface area contributed by atoms with Gasteiger partial charge < -0.3 is 10.1 Å². The van der Waals surface area contributed by atoms with Crippen LogP contribution in [0, 0.1) is 0 Å². The van der Waals surface area contributed by atoms with Crippen molar-refractivity contribution in [2.45, 2.75) is 50.4 Å². The molecule has 3 aliphatic rings. The van der Waals surface area contributed by atoms with Crippen molar-refractivity contribution in [3.8, 4) is 0 Å². The Labute approximate surface area is 100 Å². The summed E-state index contributed by atoms with van der Waals surface area (Å²) in [6, 6.07) is 0.683. The number of rotatable bonds is 5. The summed E-state index contributed by atoms with van der Waals surface area (Å²) in [5.41, 5.74) is 0. The third kappa shape index (κ3) is 2.21. The molecular weight excluding hydrogens is 220 g/mol. The quantitative estimate of drug-likeness (QED) is 0.543. The molecule has 0 aromatic carbocycles.